The SMILES string of the molecule is Cc1ccc(C(Br)C2(c3ccccc3)CC2)c(C)c1. The van der Waals surface area contributed by atoms with Crippen molar-refractivity contribution in [1.82, 2.24) is 0 Å². The zero-order valence-corrected chi connectivity index (χ0v) is 13.1. The minimum absolute atomic E-state index is 0.307. The van der Waals surface area contributed by atoms with Gasteiger partial charge in [-0.25, -0.2) is 0 Å². The van der Waals surface area contributed by atoms with Gasteiger partial charge in [0.2, 0.25) is 0 Å². The lowest BCUT2D eigenvalue weighted by atomic mass is 9.87. The highest BCUT2D eigenvalue weighted by Crippen LogP contribution is 2.60. The van der Waals surface area contributed by atoms with Crippen molar-refractivity contribution in [3.63, 3.8) is 0 Å². The summed E-state index contributed by atoms with van der Waals surface area (Å²) in [6.07, 6.45) is 2.56. The molecule has 19 heavy (non-hydrogen) atoms. The number of hydrogen-bond donors (Lipinski definition) is 0. The Kier molecular flexibility index (Phi) is 3.26. The maximum Gasteiger partial charge on any atom is 0.0494 e. The molecule has 2 aromatic carbocycles. The van der Waals surface area contributed by atoms with Crippen molar-refractivity contribution in [2.75, 3.05) is 0 Å². The molecule has 1 aliphatic carbocycles. The predicted molar refractivity (Wildman–Crippen MR) is 84.9 cm³/mol. The monoisotopic (exact) mass is 314 g/mol. The smallest absolute Gasteiger partial charge is 0.0494 e. The Morgan fingerprint density at radius 2 is 1.68 bits per heavy atom. The average Bonchev–Trinajstić information content (AvgIpc) is 3.20. The summed E-state index contributed by atoms with van der Waals surface area (Å²) in [5.41, 5.74) is 5.94. The van der Waals surface area contributed by atoms with Crippen LogP contribution >= 0.6 is 15.9 Å². The number of benzene rings is 2. The molecule has 0 N–H and O–H groups in total. The van der Waals surface area contributed by atoms with E-state index in [2.05, 4.69) is 78.3 Å². The lowest BCUT2D eigenvalue weighted by molar-refractivity contribution is 0.678. The first-order valence-electron chi connectivity index (χ1n) is 6.90. The number of aryl methyl sites for hydroxylation is 2. The Balaban J connectivity index is 1.98. The van der Waals surface area contributed by atoms with E-state index in [1.54, 1.807) is 0 Å². The van der Waals surface area contributed by atoms with Crippen molar-refractivity contribution in [3.8, 4) is 0 Å². The highest BCUT2D eigenvalue weighted by Gasteiger charge is 2.50. The lowest BCUT2D eigenvalue weighted by Gasteiger charge is -2.24. The van der Waals surface area contributed by atoms with Crippen molar-refractivity contribution in [2.45, 2.75) is 36.9 Å². The van der Waals surface area contributed by atoms with E-state index in [1.807, 2.05) is 0 Å². The molecule has 0 nitrogen and oxygen atoms in total. The predicted octanol–water partition coefficient (Wildman–Crippen LogP) is 5.47. The van der Waals surface area contributed by atoms with Gasteiger partial charge in [-0.3, -0.25) is 0 Å². The van der Waals surface area contributed by atoms with E-state index >= 15 is 0 Å². The Hall–Kier alpha value is -1.08. The Bertz CT molecular complexity index is 582. The minimum Gasteiger partial charge on any atom is -0.0829 e. The largest absolute Gasteiger partial charge is 0.0829 e. The molecule has 1 heteroatoms. The molecule has 0 bridgehead atoms. The summed E-state index contributed by atoms with van der Waals surface area (Å²) in [6, 6.07) is 17.7. The zero-order valence-electron chi connectivity index (χ0n) is 11.5. The molecule has 1 atom stereocenters. The van der Waals surface area contributed by atoms with Gasteiger partial charge < -0.3 is 0 Å². The maximum atomic E-state index is 3.98. The fourth-order valence-corrected chi connectivity index (χ4v) is 4.24. The molecule has 0 aromatic heterocycles. The molecule has 0 radical (unpaired) electrons. The molecule has 0 heterocycles. The summed E-state index contributed by atoms with van der Waals surface area (Å²) in [6.45, 7) is 4.38. The molecule has 3 rings (SSSR count). The molecule has 0 saturated heterocycles. The van der Waals surface area contributed by atoms with E-state index in [9.17, 15) is 0 Å². The van der Waals surface area contributed by atoms with Crippen LogP contribution in [0.5, 0.6) is 0 Å². The van der Waals surface area contributed by atoms with E-state index in [0.29, 0.717) is 10.2 Å². The second kappa shape index (κ2) is 4.79. The highest BCUT2D eigenvalue weighted by atomic mass is 79.9. The molecule has 0 amide bonds. The van der Waals surface area contributed by atoms with E-state index in [1.165, 1.54) is 35.1 Å². The van der Waals surface area contributed by atoms with Crippen molar-refractivity contribution < 1.29 is 0 Å². The molecular formula is C18H19Br. The van der Waals surface area contributed by atoms with Gasteiger partial charge in [-0.2, -0.15) is 0 Å². The van der Waals surface area contributed by atoms with Gasteiger partial charge in [0.25, 0.3) is 0 Å². The minimum atomic E-state index is 0.307. The van der Waals surface area contributed by atoms with Crippen LogP contribution in [0.4, 0.5) is 0 Å². The Labute approximate surface area is 124 Å². The van der Waals surface area contributed by atoms with Crippen molar-refractivity contribution in [3.05, 3.63) is 70.8 Å². The van der Waals surface area contributed by atoms with E-state index in [0.717, 1.165) is 0 Å². The van der Waals surface area contributed by atoms with Gasteiger partial charge in [-0.05, 0) is 43.4 Å². The first-order chi connectivity index (χ1) is 9.13. The van der Waals surface area contributed by atoms with Crippen LogP contribution in [0.15, 0.2) is 48.5 Å². The fourth-order valence-electron chi connectivity index (χ4n) is 3.00. The Morgan fingerprint density at radius 1 is 1.00 bits per heavy atom. The third-order valence-electron chi connectivity index (χ3n) is 4.32. The first-order valence-corrected chi connectivity index (χ1v) is 7.82. The molecule has 0 aliphatic heterocycles. The van der Waals surface area contributed by atoms with E-state index in [4.69, 9.17) is 0 Å². The molecule has 1 unspecified atom stereocenters. The summed E-state index contributed by atoms with van der Waals surface area (Å²) in [5, 5.41) is 0. The number of halogens is 1. The van der Waals surface area contributed by atoms with Crippen LogP contribution in [0.2, 0.25) is 0 Å². The number of alkyl halides is 1. The van der Waals surface area contributed by atoms with Crippen LogP contribution in [-0.2, 0) is 5.41 Å². The average molecular weight is 315 g/mol. The quantitative estimate of drug-likeness (QED) is 0.659. The van der Waals surface area contributed by atoms with Crippen molar-refractivity contribution >= 4 is 15.9 Å². The summed E-state index contributed by atoms with van der Waals surface area (Å²) < 4.78 is 0. The van der Waals surface area contributed by atoms with Crippen molar-refractivity contribution in [1.29, 1.82) is 0 Å². The topological polar surface area (TPSA) is 0 Å². The summed E-state index contributed by atoms with van der Waals surface area (Å²) in [4.78, 5) is 0.419. The van der Waals surface area contributed by atoms with Crippen LogP contribution < -0.4 is 0 Å². The van der Waals surface area contributed by atoms with E-state index in [-0.39, 0.29) is 0 Å². The molecule has 2 aromatic rings. The molecule has 0 spiro atoms. The molecule has 98 valence electrons. The standard InChI is InChI=1S/C18H19Br/c1-13-8-9-16(14(2)12-13)17(19)18(10-11-18)15-6-4-3-5-7-15/h3-9,12,17H,10-11H2,1-2H3. The number of hydrogen-bond acceptors (Lipinski definition) is 0. The van der Waals surface area contributed by atoms with Gasteiger partial charge in [-0.1, -0.05) is 70.0 Å². The third-order valence-corrected chi connectivity index (χ3v) is 5.69. The van der Waals surface area contributed by atoms with Gasteiger partial charge in [0.15, 0.2) is 0 Å². The van der Waals surface area contributed by atoms with Gasteiger partial charge in [-0.15, -0.1) is 0 Å². The maximum absolute atomic E-state index is 3.98. The fraction of sp³-hybridized carbons (Fsp3) is 0.333. The second-order valence-electron chi connectivity index (χ2n) is 5.74. The van der Waals surface area contributed by atoms with Gasteiger partial charge in [0.1, 0.15) is 0 Å². The highest BCUT2D eigenvalue weighted by molar-refractivity contribution is 9.09. The lowest BCUT2D eigenvalue weighted by Crippen LogP contribution is -2.14. The van der Waals surface area contributed by atoms with Crippen LogP contribution in [-0.4, -0.2) is 0 Å². The normalized spacial score (nSPS) is 18.1. The second-order valence-corrected chi connectivity index (χ2v) is 6.66. The number of rotatable bonds is 3. The van der Waals surface area contributed by atoms with Gasteiger partial charge in [0.05, 0.1) is 0 Å². The van der Waals surface area contributed by atoms with E-state index < -0.39 is 0 Å². The molecular weight excluding hydrogens is 296 g/mol. The Morgan fingerprint density at radius 3 is 2.26 bits per heavy atom. The molecule has 1 aliphatic rings. The van der Waals surface area contributed by atoms with Gasteiger partial charge in [0, 0.05) is 10.2 Å². The van der Waals surface area contributed by atoms with Crippen LogP contribution in [0, 0.1) is 13.8 Å². The zero-order chi connectivity index (χ0) is 13.5. The molecule has 1 fully saturated rings. The van der Waals surface area contributed by atoms with Crippen molar-refractivity contribution in [2.24, 2.45) is 0 Å². The summed E-state index contributed by atoms with van der Waals surface area (Å²) >= 11 is 3.98. The first kappa shape index (κ1) is 12.9. The van der Waals surface area contributed by atoms with Crippen LogP contribution in [0.25, 0.3) is 0 Å². The van der Waals surface area contributed by atoms with Gasteiger partial charge >= 0.3 is 0 Å². The summed E-state index contributed by atoms with van der Waals surface area (Å²) in [7, 11) is 0. The molecule has 1 saturated carbocycles. The van der Waals surface area contributed by atoms with Crippen LogP contribution in [0.3, 0.4) is 0 Å². The third kappa shape index (κ3) is 2.25. The summed E-state index contributed by atoms with van der Waals surface area (Å²) in [5.74, 6) is 0. The van der Waals surface area contributed by atoms with Crippen LogP contribution in [0.1, 0.15) is 39.9 Å².